The minimum atomic E-state index is -0.186. The number of hydrogen-bond donors (Lipinski definition) is 1. The van der Waals surface area contributed by atoms with Gasteiger partial charge in [-0.2, -0.15) is 5.10 Å². The molecular weight excluding hydrogens is 204 g/mol. The molecule has 0 unspecified atom stereocenters. The zero-order chi connectivity index (χ0) is 11.4. The quantitative estimate of drug-likeness (QED) is 0.843. The van der Waals surface area contributed by atoms with E-state index in [1.54, 1.807) is 13.2 Å². The summed E-state index contributed by atoms with van der Waals surface area (Å²) in [5.41, 5.74) is 1.74. The fourth-order valence-electron chi connectivity index (χ4n) is 1.46. The van der Waals surface area contributed by atoms with Crippen LogP contribution < -0.4 is 10.3 Å². The summed E-state index contributed by atoms with van der Waals surface area (Å²) >= 11 is 0. The maximum absolute atomic E-state index is 10.8. The van der Waals surface area contributed by atoms with Gasteiger partial charge in [-0.25, -0.2) is 5.10 Å². The highest BCUT2D eigenvalue weighted by molar-refractivity contribution is 5.30. The maximum Gasteiger partial charge on any atom is 0.264 e. The van der Waals surface area contributed by atoms with Crippen molar-refractivity contribution in [2.45, 2.75) is 6.42 Å². The average molecular weight is 216 g/mol. The summed E-state index contributed by atoms with van der Waals surface area (Å²) in [5.74, 6) is 0.821. The van der Waals surface area contributed by atoms with Gasteiger partial charge in [0.25, 0.3) is 5.56 Å². The van der Waals surface area contributed by atoms with Crippen molar-refractivity contribution >= 4 is 0 Å². The van der Waals surface area contributed by atoms with E-state index < -0.39 is 0 Å². The molecule has 0 aliphatic rings. The lowest BCUT2D eigenvalue weighted by molar-refractivity contribution is 0.414. The molecule has 16 heavy (non-hydrogen) atoms. The monoisotopic (exact) mass is 216 g/mol. The molecule has 0 bridgehead atoms. The number of benzene rings is 1. The number of hydrogen-bond acceptors (Lipinski definition) is 3. The zero-order valence-electron chi connectivity index (χ0n) is 8.93. The first kappa shape index (κ1) is 10.4. The third kappa shape index (κ3) is 2.48. The lowest BCUT2D eigenvalue weighted by Gasteiger charge is -2.03. The molecule has 0 saturated heterocycles. The molecule has 0 fully saturated rings. The third-order valence-electron chi connectivity index (χ3n) is 2.26. The van der Waals surface area contributed by atoms with Crippen LogP contribution in [0.15, 0.2) is 41.2 Å². The molecule has 82 valence electrons. The first-order valence-corrected chi connectivity index (χ1v) is 4.95. The van der Waals surface area contributed by atoms with Crippen LogP contribution in [0.5, 0.6) is 5.75 Å². The Morgan fingerprint density at radius 1 is 1.31 bits per heavy atom. The smallest absolute Gasteiger partial charge is 0.264 e. The van der Waals surface area contributed by atoms with Crippen LogP contribution in [0.25, 0.3) is 0 Å². The number of rotatable bonds is 3. The van der Waals surface area contributed by atoms with Gasteiger partial charge in [0.1, 0.15) is 5.75 Å². The molecule has 1 heterocycles. The Kier molecular flexibility index (Phi) is 3.00. The number of nitrogens with zero attached hydrogens (tertiary/aromatic N) is 1. The molecule has 4 nitrogen and oxygen atoms in total. The van der Waals surface area contributed by atoms with E-state index in [2.05, 4.69) is 10.2 Å². The van der Waals surface area contributed by atoms with Gasteiger partial charge in [0.2, 0.25) is 0 Å². The number of H-pyrrole nitrogens is 1. The summed E-state index contributed by atoms with van der Waals surface area (Å²) < 4.78 is 5.13. The van der Waals surface area contributed by atoms with Gasteiger partial charge in [0, 0.05) is 12.5 Å². The second kappa shape index (κ2) is 4.61. The van der Waals surface area contributed by atoms with Gasteiger partial charge in [-0.3, -0.25) is 4.79 Å². The SMILES string of the molecule is COc1cccc(Cc2ccc(=O)[nH]n2)c1. The van der Waals surface area contributed by atoms with Crippen LogP contribution in [0, 0.1) is 0 Å². The summed E-state index contributed by atoms with van der Waals surface area (Å²) in [5, 5.41) is 6.36. The topological polar surface area (TPSA) is 55.0 Å². The van der Waals surface area contributed by atoms with Crippen molar-refractivity contribution in [1.82, 2.24) is 10.2 Å². The maximum atomic E-state index is 10.8. The average Bonchev–Trinajstić information content (AvgIpc) is 2.32. The van der Waals surface area contributed by atoms with E-state index in [4.69, 9.17) is 4.74 Å². The van der Waals surface area contributed by atoms with Crippen molar-refractivity contribution in [1.29, 1.82) is 0 Å². The van der Waals surface area contributed by atoms with Crippen LogP contribution in [0.2, 0.25) is 0 Å². The number of ether oxygens (including phenoxy) is 1. The van der Waals surface area contributed by atoms with Crippen molar-refractivity contribution in [3.8, 4) is 5.75 Å². The van der Waals surface area contributed by atoms with Crippen molar-refractivity contribution in [2.75, 3.05) is 7.11 Å². The van der Waals surface area contributed by atoms with Gasteiger partial charge in [0.05, 0.1) is 12.8 Å². The number of aromatic nitrogens is 2. The second-order valence-corrected chi connectivity index (χ2v) is 3.44. The van der Waals surface area contributed by atoms with Gasteiger partial charge in [0.15, 0.2) is 0 Å². The van der Waals surface area contributed by atoms with E-state index in [1.807, 2.05) is 24.3 Å². The molecule has 0 amide bonds. The molecule has 1 aromatic heterocycles. The molecule has 0 spiro atoms. The van der Waals surface area contributed by atoms with Crippen molar-refractivity contribution in [3.63, 3.8) is 0 Å². The van der Waals surface area contributed by atoms with Crippen LogP contribution in [0.3, 0.4) is 0 Å². The molecule has 0 atom stereocenters. The molecular formula is C12H12N2O2. The number of methoxy groups -OCH3 is 1. The Hall–Kier alpha value is -2.10. The predicted molar refractivity (Wildman–Crippen MR) is 60.7 cm³/mol. The summed E-state index contributed by atoms with van der Waals surface area (Å²) in [6, 6.07) is 11.0. The largest absolute Gasteiger partial charge is 0.497 e. The van der Waals surface area contributed by atoms with E-state index in [0.29, 0.717) is 6.42 Å². The summed E-state index contributed by atoms with van der Waals surface area (Å²) in [6.45, 7) is 0. The van der Waals surface area contributed by atoms with Crippen LogP contribution in [0.1, 0.15) is 11.3 Å². The van der Waals surface area contributed by atoms with E-state index >= 15 is 0 Å². The minimum absolute atomic E-state index is 0.186. The normalized spacial score (nSPS) is 10.1. The molecule has 2 aromatic rings. The lowest BCUT2D eigenvalue weighted by Crippen LogP contribution is -2.07. The predicted octanol–water partition coefficient (Wildman–Crippen LogP) is 1.37. The molecule has 1 N–H and O–H groups in total. The Bertz CT molecular complexity index is 514. The molecule has 2 rings (SSSR count). The van der Waals surface area contributed by atoms with Gasteiger partial charge >= 0.3 is 0 Å². The fourth-order valence-corrected chi connectivity index (χ4v) is 1.46. The van der Waals surface area contributed by atoms with Crippen LogP contribution >= 0.6 is 0 Å². The van der Waals surface area contributed by atoms with E-state index in [0.717, 1.165) is 17.0 Å². The van der Waals surface area contributed by atoms with Crippen LogP contribution in [-0.2, 0) is 6.42 Å². The summed E-state index contributed by atoms with van der Waals surface area (Å²) in [6.07, 6.45) is 0.675. The van der Waals surface area contributed by atoms with Crippen molar-refractivity contribution < 1.29 is 4.74 Å². The Morgan fingerprint density at radius 2 is 2.19 bits per heavy atom. The first-order chi connectivity index (χ1) is 7.78. The van der Waals surface area contributed by atoms with E-state index in [9.17, 15) is 4.79 Å². The molecule has 0 saturated carbocycles. The Morgan fingerprint density at radius 3 is 2.88 bits per heavy atom. The summed E-state index contributed by atoms with van der Waals surface area (Å²) in [7, 11) is 1.64. The van der Waals surface area contributed by atoms with Gasteiger partial charge < -0.3 is 4.74 Å². The van der Waals surface area contributed by atoms with E-state index in [-0.39, 0.29) is 5.56 Å². The Balaban J connectivity index is 2.20. The van der Waals surface area contributed by atoms with Gasteiger partial charge in [-0.15, -0.1) is 0 Å². The van der Waals surface area contributed by atoms with Crippen LogP contribution in [0.4, 0.5) is 0 Å². The van der Waals surface area contributed by atoms with Gasteiger partial charge in [-0.1, -0.05) is 12.1 Å². The minimum Gasteiger partial charge on any atom is -0.497 e. The molecule has 0 aliphatic heterocycles. The first-order valence-electron chi connectivity index (χ1n) is 4.95. The third-order valence-corrected chi connectivity index (χ3v) is 2.26. The molecule has 0 radical (unpaired) electrons. The molecule has 0 aliphatic carbocycles. The number of aromatic amines is 1. The standard InChI is InChI=1S/C12H12N2O2/c1-16-11-4-2-3-9(8-11)7-10-5-6-12(15)14-13-10/h2-6,8H,7H2,1H3,(H,14,15). The second-order valence-electron chi connectivity index (χ2n) is 3.44. The van der Waals surface area contributed by atoms with E-state index in [1.165, 1.54) is 6.07 Å². The van der Waals surface area contributed by atoms with Crippen molar-refractivity contribution in [3.05, 3.63) is 58.0 Å². The Labute approximate surface area is 92.9 Å². The van der Waals surface area contributed by atoms with Crippen LogP contribution in [-0.4, -0.2) is 17.3 Å². The fraction of sp³-hybridized carbons (Fsp3) is 0.167. The van der Waals surface area contributed by atoms with Crippen molar-refractivity contribution in [2.24, 2.45) is 0 Å². The number of nitrogens with one attached hydrogen (secondary N) is 1. The zero-order valence-corrected chi connectivity index (χ0v) is 8.93. The highest BCUT2D eigenvalue weighted by Gasteiger charge is 1.99. The summed E-state index contributed by atoms with van der Waals surface area (Å²) in [4.78, 5) is 10.8. The lowest BCUT2D eigenvalue weighted by atomic mass is 10.1. The highest BCUT2D eigenvalue weighted by atomic mass is 16.5. The molecule has 1 aromatic carbocycles. The molecule has 4 heteroatoms. The van der Waals surface area contributed by atoms with Gasteiger partial charge in [-0.05, 0) is 23.8 Å². The highest BCUT2D eigenvalue weighted by Crippen LogP contribution is 2.14.